The summed E-state index contributed by atoms with van der Waals surface area (Å²) in [7, 11) is 0. The van der Waals surface area contributed by atoms with Gasteiger partial charge < -0.3 is 10.6 Å². The van der Waals surface area contributed by atoms with Crippen LogP contribution in [0.1, 0.15) is 32.6 Å². The summed E-state index contributed by atoms with van der Waals surface area (Å²) < 4.78 is 25.2. The van der Waals surface area contributed by atoms with Gasteiger partial charge in [-0.15, -0.1) is 24.0 Å². The molecule has 6 heteroatoms. The molecule has 2 N–H and O–H groups in total. The predicted molar refractivity (Wildman–Crippen MR) is 75.0 cm³/mol. The van der Waals surface area contributed by atoms with Crippen LogP contribution in [0.3, 0.4) is 0 Å². The summed E-state index contributed by atoms with van der Waals surface area (Å²) in [6, 6.07) is -0.271. The molecule has 17 heavy (non-hydrogen) atoms. The fraction of sp³-hybridized carbons (Fsp3) is 0.909. The monoisotopic (exact) mass is 359 g/mol. The van der Waals surface area contributed by atoms with E-state index in [1.165, 1.54) is 6.42 Å². The zero-order valence-electron chi connectivity index (χ0n) is 10.0. The van der Waals surface area contributed by atoms with Gasteiger partial charge in [-0.3, -0.25) is 0 Å². The fourth-order valence-electron chi connectivity index (χ4n) is 2.39. The minimum Gasteiger partial charge on any atom is -0.370 e. The maximum Gasteiger partial charge on any atom is 0.252 e. The van der Waals surface area contributed by atoms with E-state index in [-0.39, 0.29) is 42.9 Å². The van der Waals surface area contributed by atoms with Crippen molar-refractivity contribution < 1.29 is 8.78 Å². The predicted octanol–water partition coefficient (Wildman–Crippen LogP) is 2.45. The summed E-state index contributed by atoms with van der Waals surface area (Å²) in [4.78, 5) is 6.19. The molecule has 1 unspecified atom stereocenters. The van der Waals surface area contributed by atoms with E-state index >= 15 is 0 Å². The van der Waals surface area contributed by atoms with Crippen molar-refractivity contribution in [3.63, 3.8) is 0 Å². The molecular weight excluding hydrogens is 339 g/mol. The van der Waals surface area contributed by atoms with E-state index in [0.29, 0.717) is 11.9 Å². The summed E-state index contributed by atoms with van der Waals surface area (Å²) in [6.45, 7) is 3.98. The minimum absolute atomic E-state index is 0. The molecular formula is C11H20F2IN3. The molecule has 3 nitrogen and oxygen atoms in total. The molecule has 0 aromatic heterocycles. The lowest BCUT2D eigenvalue weighted by atomic mass is 9.89. The molecule has 100 valence electrons. The van der Waals surface area contributed by atoms with Crippen LogP contribution in [0.15, 0.2) is 4.99 Å². The number of alkyl halides is 2. The van der Waals surface area contributed by atoms with E-state index in [1.54, 1.807) is 0 Å². The zero-order valence-corrected chi connectivity index (χ0v) is 12.4. The highest BCUT2D eigenvalue weighted by molar-refractivity contribution is 14.0. The second kappa shape index (κ2) is 5.67. The van der Waals surface area contributed by atoms with Gasteiger partial charge in [0.1, 0.15) is 0 Å². The first-order chi connectivity index (χ1) is 7.46. The van der Waals surface area contributed by atoms with E-state index < -0.39 is 5.92 Å². The third-order valence-corrected chi connectivity index (χ3v) is 3.36. The number of halogens is 3. The average molecular weight is 359 g/mol. The van der Waals surface area contributed by atoms with Crippen LogP contribution in [-0.2, 0) is 0 Å². The van der Waals surface area contributed by atoms with E-state index in [9.17, 15) is 8.78 Å². The first kappa shape index (κ1) is 14.9. The van der Waals surface area contributed by atoms with Crippen LogP contribution in [-0.4, -0.2) is 35.9 Å². The highest BCUT2D eigenvalue weighted by Gasteiger charge is 2.45. The van der Waals surface area contributed by atoms with Crippen molar-refractivity contribution in [3.8, 4) is 0 Å². The lowest BCUT2D eigenvalue weighted by Crippen LogP contribution is -2.46. The minimum atomic E-state index is -2.51. The van der Waals surface area contributed by atoms with Gasteiger partial charge in [-0.25, -0.2) is 13.8 Å². The number of hydrogen-bond acceptors (Lipinski definition) is 1. The third kappa shape index (κ3) is 3.93. The van der Waals surface area contributed by atoms with Gasteiger partial charge in [-0.2, -0.15) is 0 Å². The SMILES string of the molecule is CC1CCCN(C(N)=NC2CC(F)(F)C2)C1.I. The Hall–Kier alpha value is -0.140. The van der Waals surface area contributed by atoms with E-state index in [2.05, 4.69) is 11.9 Å². The van der Waals surface area contributed by atoms with Crippen LogP contribution in [0.2, 0.25) is 0 Å². The number of aliphatic imine (C=N–C) groups is 1. The highest BCUT2D eigenvalue weighted by atomic mass is 127. The summed E-state index contributed by atoms with van der Waals surface area (Å²) in [5, 5.41) is 0. The first-order valence-corrected chi connectivity index (χ1v) is 5.92. The molecule has 0 radical (unpaired) electrons. The summed E-state index contributed by atoms with van der Waals surface area (Å²) in [6.07, 6.45) is 2.04. The van der Waals surface area contributed by atoms with Gasteiger partial charge in [0.15, 0.2) is 5.96 Å². The van der Waals surface area contributed by atoms with Crippen LogP contribution in [0.5, 0.6) is 0 Å². The number of likely N-dealkylation sites (tertiary alicyclic amines) is 1. The molecule has 2 aliphatic rings. The molecule has 0 aromatic carbocycles. The summed E-state index contributed by atoms with van der Waals surface area (Å²) in [5.41, 5.74) is 5.84. The summed E-state index contributed by atoms with van der Waals surface area (Å²) >= 11 is 0. The molecule has 1 aliphatic carbocycles. The fourth-order valence-corrected chi connectivity index (χ4v) is 2.39. The molecule has 1 aliphatic heterocycles. The second-order valence-corrected chi connectivity index (χ2v) is 5.10. The number of nitrogens with two attached hydrogens (primary N) is 1. The van der Waals surface area contributed by atoms with Crippen LogP contribution in [0, 0.1) is 5.92 Å². The number of nitrogens with zero attached hydrogens (tertiary/aromatic N) is 2. The Labute approximate surface area is 118 Å². The smallest absolute Gasteiger partial charge is 0.252 e. The third-order valence-electron chi connectivity index (χ3n) is 3.36. The first-order valence-electron chi connectivity index (χ1n) is 5.92. The van der Waals surface area contributed by atoms with Crippen molar-refractivity contribution in [2.75, 3.05) is 13.1 Å². The second-order valence-electron chi connectivity index (χ2n) is 5.10. The molecule has 2 fully saturated rings. The van der Waals surface area contributed by atoms with Gasteiger partial charge in [0, 0.05) is 25.9 Å². The van der Waals surface area contributed by atoms with Crippen molar-refractivity contribution in [3.05, 3.63) is 0 Å². The number of piperidine rings is 1. The van der Waals surface area contributed by atoms with Crippen molar-refractivity contribution in [1.82, 2.24) is 4.90 Å². The Balaban J connectivity index is 0.00000144. The molecule has 0 bridgehead atoms. The number of hydrogen-bond donors (Lipinski definition) is 1. The van der Waals surface area contributed by atoms with Gasteiger partial charge >= 0.3 is 0 Å². The Morgan fingerprint density at radius 1 is 1.41 bits per heavy atom. The molecule has 1 heterocycles. The molecule has 0 amide bonds. The topological polar surface area (TPSA) is 41.6 Å². The molecule has 2 rings (SSSR count). The Kier molecular flexibility index (Phi) is 4.97. The lowest BCUT2D eigenvalue weighted by molar-refractivity contribution is -0.0836. The zero-order chi connectivity index (χ0) is 11.8. The molecule has 0 spiro atoms. The van der Waals surface area contributed by atoms with E-state index in [1.807, 2.05) is 4.90 Å². The normalized spacial score (nSPS) is 29.5. The molecule has 1 atom stereocenters. The largest absolute Gasteiger partial charge is 0.370 e. The van der Waals surface area contributed by atoms with Crippen LogP contribution in [0.25, 0.3) is 0 Å². The van der Waals surface area contributed by atoms with Gasteiger partial charge in [0.2, 0.25) is 0 Å². The molecule has 0 aromatic rings. The lowest BCUT2D eigenvalue weighted by Gasteiger charge is -2.35. The van der Waals surface area contributed by atoms with Gasteiger partial charge in [-0.05, 0) is 18.8 Å². The Morgan fingerprint density at radius 2 is 2.06 bits per heavy atom. The van der Waals surface area contributed by atoms with Gasteiger partial charge in [0.05, 0.1) is 6.04 Å². The van der Waals surface area contributed by atoms with Crippen molar-refractivity contribution in [1.29, 1.82) is 0 Å². The van der Waals surface area contributed by atoms with E-state index in [0.717, 1.165) is 19.5 Å². The molecule has 1 saturated heterocycles. The average Bonchev–Trinajstić information content (AvgIpc) is 2.14. The van der Waals surface area contributed by atoms with Crippen molar-refractivity contribution >= 4 is 29.9 Å². The van der Waals surface area contributed by atoms with Gasteiger partial charge in [0.25, 0.3) is 5.92 Å². The number of rotatable bonds is 1. The maximum atomic E-state index is 12.6. The van der Waals surface area contributed by atoms with Crippen LogP contribution in [0.4, 0.5) is 8.78 Å². The quantitative estimate of drug-likeness (QED) is 0.444. The van der Waals surface area contributed by atoms with Crippen LogP contribution >= 0.6 is 24.0 Å². The van der Waals surface area contributed by atoms with E-state index in [4.69, 9.17) is 5.73 Å². The van der Waals surface area contributed by atoms with Crippen LogP contribution < -0.4 is 5.73 Å². The Bertz CT molecular complexity index is 288. The summed E-state index contributed by atoms with van der Waals surface area (Å²) in [5.74, 6) is -1.44. The van der Waals surface area contributed by atoms with Crippen molar-refractivity contribution in [2.45, 2.75) is 44.6 Å². The molecule has 1 saturated carbocycles. The van der Waals surface area contributed by atoms with Crippen molar-refractivity contribution in [2.24, 2.45) is 16.6 Å². The highest BCUT2D eigenvalue weighted by Crippen LogP contribution is 2.39. The van der Waals surface area contributed by atoms with Gasteiger partial charge in [-0.1, -0.05) is 6.92 Å². The maximum absolute atomic E-state index is 12.6. The standard InChI is InChI=1S/C11H19F2N3.HI/c1-8-3-2-4-16(7-8)10(14)15-9-5-11(12,13)6-9;/h8-9H,2-7H2,1H3,(H2,14,15);1H. The number of guanidine groups is 1. The Morgan fingerprint density at radius 3 is 2.59 bits per heavy atom.